The Morgan fingerprint density at radius 3 is 2.90 bits per heavy atom. The molecule has 2 heterocycles. The lowest BCUT2D eigenvalue weighted by molar-refractivity contribution is 0.0689. The normalized spacial score (nSPS) is 23.4. The first-order valence-corrected chi connectivity index (χ1v) is 6.72. The standard InChI is InChI=1S/C14H21N3O3/c1-16(2)8-11-6-12(18)9-17(11)7-10-4-3-5-13(15-10)14(19)20/h3-5,11-12,18H,6-9H2,1-2H3,(H,19,20). The van der Waals surface area contributed by atoms with E-state index in [1.54, 1.807) is 6.07 Å². The maximum atomic E-state index is 10.9. The number of aromatic nitrogens is 1. The van der Waals surface area contributed by atoms with E-state index >= 15 is 0 Å². The van der Waals surface area contributed by atoms with Crippen molar-refractivity contribution in [2.75, 3.05) is 27.2 Å². The molecule has 1 saturated heterocycles. The Kier molecular flexibility index (Phi) is 4.69. The molecular weight excluding hydrogens is 258 g/mol. The van der Waals surface area contributed by atoms with Gasteiger partial charge in [-0.25, -0.2) is 9.78 Å². The molecule has 110 valence electrons. The molecule has 0 amide bonds. The molecule has 1 aromatic rings. The highest BCUT2D eigenvalue weighted by molar-refractivity contribution is 5.85. The number of likely N-dealkylation sites (N-methyl/N-ethyl adjacent to an activating group) is 1. The maximum Gasteiger partial charge on any atom is 0.354 e. The summed E-state index contributed by atoms with van der Waals surface area (Å²) in [6, 6.07) is 5.29. The van der Waals surface area contributed by atoms with Crippen LogP contribution in [-0.2, 0) is 6.54 Å². The molecule has 2 unspecified atom stereocenters. The van der Waals surface area contributed by atoms with Gasteiger partial charge in [-0.2, -0.15) is 0 Å². The maximum absolute atomic E-state index is 10.9. The summed E-state index contributed by atoms with van der Waals surface area (Å²) in [5.74, 6) is -1.02. The van der Waals surface area contributed by atoms with Gasteiger partial charge in [0.2, 0.25) is 0 Å². The zero-order valence-electron chi connectivity index (χ0n) is 11.9. The van der Waals surface area contributed by atoms with Gasteiger partial charge in [-0.1, -0.05) is 6.07 Å². The number of β-amino-alcohol motifs (C(OH)–C–C–N with tert-alkyl or cyclic N) is 1. The molecule has 0 aromatic carbocycles. The van der Waals surface area contributed by atoms with Crippen LogP contribution in [0.2, 0.25) is 0 Å². The highest BCUT2D eigenvalue weighted by atomic mass is 16.4. The van der Waals surface area contributed by atoms with Gasteiger partial charge >= 0.3 is 5.97 Å². The predicted molar refractivity (Wildman–Crippen MR) is 74.6 cm³/mol. The number of carboxylic acid groups (broad SMARTS) is 1. The van der Waals surface area contributed by atoms with Crippen LogP contribution in [0.15, 0.2) is 18.2 Å². The third kappa shape index (κ3) is 3.75. The van der Waals surface area contributed by atoms with E-state index in [1.165, 1.54) is 6.07 Å². The van der Waals surface area contributed by atoms with E-state index in [9.17, 15) is 9.90 Å². The van der Waals surface area contributed by atoms with Crippen molar-refractivity contribution >= 4 is 5.97 Å². The second-order valence-electron chi connectivity index (χ2n) is 5.55. The van der Waals surface area contributed by atoms with E-state index in [4.69, 9.17) is 5.11 Å². The average molecular weight is 279 g/mol. The van der Waals surface area contributed by atoms with E-state index in [0.717, 1.165) is 18.7 Å². The van der Waals surface area contributed by atoms with Crippen LogP contribution in [0.4, 0.5) is 0 Å². The van der Waals surface area contributed by atoms with Gasteiger partial charge in [-0.05, 0) is 32.6 Å². The third-order valence-corrected chi connectivity index (χ3v) is 3.47. The van der Waals surface area contributed by atoms with Crippen molar-refractivity contribution in [3.05, 3.63) is 29.6 Å². The first-order chi connectivity index (χ1) is 9.45. The fourth-order valence-corrected chi connectivity index (χ4v) is 2.66. The Morgan fingerprint density at radius 1 is 1.50 bits per heavy atom. The molecule has 6 heteroatoms. The number of pyridine rings is 1. The van der Waals surface area contributed by atoms with E-state index in [1.807, 2.05) is 20.2 Å². The number of rotatable bonds is 5. The first kappa shape index (κ1) is 14.9. The monoisotopic (exact) mass is 279 g/mol. The van der Waals surface area contributed by atoms with Crippen molar-refractivity contribution < 1.29 is 15.0 Å². The fourth-order valence-electron chi connectivity index (χ4n) is 2.66. The topological polar surface area (TPSA) is 76.9 Å². The fraction of sp³-hybridized carbons (Fsp3) is 0.571. The molecule has 2 N–H and O–H groups in total. The summed E-state index contributed by atoms with van der Waals surface area (Å²) in [5, 5.41) is 18.8. The van der Waals surface area contributed by atoms with E-state index < -0.39 is 5.97 Å². The molecule has 1 aliphatic heterocycles. The van der Waals surface area contributed by atoms with Crippen LogP contribution in [0.1, 0.15) is 22.6 Å². The molecule has 0 saturated carbocycles. The van der Waals surface area contributed by atoms with E-state index in [2.05, 4.69) is 14.8 Å². The lowest BCUT2D eigenvalue weighted by Gasteiger charge is -2.26. The largest absolute Gasteiger partial charge is 0.477 e. The van der Waals surface area contributed by atoms with Crippen LogP contribution in [0.3, 0.4) is 0 Å². The van der Waals surface area contributed by atoms with Crippen LogP contribution < -0.4 is 0 Å². The van der Waals surface area contributed by atoms with Crippen LogP contribution in [0.5, 0.6) is 0 Å². The highest BCUT2D eigenvalue weighted by Gasteiger charge is 2.31. The lowest BCUT2D eigenvalue weighted by Crippen LogP contribution is -2.37. The molecule has 0 spiro atoms. The second kappa shape index (κ2) is 6.30. The molecule has 2 atom stereocenters. The van der Waals surface area contributed by atoms with Crippen molar-refractivity contribution in [3.8, 4) is 0 Å². The molecule has 0 bridgehead atoms. The molecule has 1 aliphatic rings. The number of hydrogen-bond donors (Lipinski definition) is 2. The summed E-state index contributed by atoms with van der Waals surface area (Å²) in [6.45, 7) is 2.05. The Morgan fingerprint density at radius 2 is 2.25 bits per heavy atom. The summed E-state index contributed by atoms with van der Waals surface area (Å²) in [4.78, 5) is 19.3. The number of aliphatic hydroxyl groups excluding tert-OH is 1. The summed E-state index contributed by atoms with van der Waals surface area (Å²) in [6.07, 6.45) is 0.430. The average Bonchev–Trinajstić information content (AvgIpc) is 2.68. The van der Waals surface area contributed by atoms with Crippen molar-refractivity contribution in [1.82, 2.24) is 14.8 Å². The number of hydrogen-bond acceptors (Lipinski definition) is 5. The van der Waals surface area contributed by atoms with Crippen molar-refractivity contribution in [2.24, 2.45) is 0 Å². The van der Waals surface area contributed by atoms with Gasteiger partial charge in [0.25, 0.3) is 0 Å². The molecule has 1 aromatic heterocycles. The minimum absolute atomic E-state index is 0.0615. The lowest BCUT2D eigenvalue weighted by atomic mass is 10.2. The zero-order chi connectivity index (χ0) is 14.7. The molecule has 0 aliphatic carbocycles. The highest BCUT2D eigenvalue weighted by Crippen LogP contribution is 2.20. The van der Waals surface area contributed by atoms with Crippen molar-refractivity contribution in [2.45, 2.75) is 25.1 Å². The first-order valence-electron chi connectivity index (χ1n) is 6.72. The minimum Gasteiger partial charge on any atom is -0.477 e. The van der Waals surface area contributed by atoms with Gasteiger partial charge in [0.05, 0.1) is 11.8 Å². The van der Waals surface area contributed by atoms with Gasteiger partial charge < -0.3 is 15.1 Å². The number of aliphatic hydroxyl groups is 1. The third-order valence-electron chi connectivity index (χ3n) is 3.47. The Balaban J connectivity index is 2.07. The van der Waals surface area contributed by atoms with Crippen molar-refractivity contribution in [3.63, 3.8) is 0 Å². The van der Waals surface area contributed by atoms with Gasteiger partial charge in [0, 0.05) is 25.7 Å². The van der Waals surface area contributed by atoms with Crippen LogP contribution in [-0.4, -0.2) is 70.3 Å². The molecule has 6 nitrogen and oxygen atoms in total. The molecular formula is C14H21N3O3. The van der Waals surface area contributed by atoms with Crippen molar-refractivity contribution in [1.29, 1.82) is 0 Å². The zero-order valence-corrected chi connectivity index (χ0v) is 11.9. The van der Waals surface area contributed by atoms with Gasteiger partial charge in [0.1, 0.15) is 5.69 Å². The Hall–Kier alpha value is -1.50. The molecule has 0 radical (unpaired) electrons. The smallest absolute Gasteiger partial charge is 0.354 e. The number of aromatic carboxylic acids is 1. The van der Waals surface area contributed by atoms with E-state index in [-0.39, 0.29) is 17.8 Å². The minimum atomic E-state index is -1.02. The van der Waals surface area contributed by atoms with Gasteiger partial charge in [-0.3, -0.25) is 4.90 Å². The van der Waals surface area contributed by atoms with Crippen LogP contribution >= 0.6 is 0 Å². The summed E-state index contributed by atoms with van der Waals surface area (Å²) < 4.78 is 0. The van der Waals surface area contributed by atoms with Gasteiger partial charge in [-0.15, -0.1) is 0 Å². The SMILES string of the molecule is CN(C)CC1CC(O)CN1Cc1cccc(C(=O)O)n1. The Bertz CT molecular complexity index is 478. The summed E-state index contributed by atoms with van der Waals surface area (Å²) in [5.41, 5.74) is 0.786. The summed E-state index contributed by atoms with van der Waals surface area (Å²) >= 11 is 0. The van der Waals surface area contributed by atoms with Gasteiger partial charge in [0.15, 0.2) is 0 Å². The quantitative estimate of drug-likeness (QED) is 0.806. The van der Waals surface area contributed by atoms with Crippen LogP contribution in [0.25, 0.3) is 0 Å². The Labute approximate surface area is 118 Å². The number of carboxylic acids is 1. The predicted octanol–water partition coefficient (Wildman–Crippen LogP) is 0.277. The number of carbonyl (C=O) groups is 1. The molecule has 20 heavy (non-hydrogen) atoms. The summed E-state index contributed by atoms with van der Waals surface area (Å²) in [7, 11) is 4.01. The second-order valence-corrected chi connectivity index (χ2v) is 5.55. The molecule has 1 fully saturated rings. The number of likely N-dealkylation sites (tertiary alicyclic amines) is 1. The van der Waals surface area contributed by atoms with E-state index in [0.29, 0.717) is 13.1 Å². The number of nitrogens with zero attached hydrogens (tertiary/aromatic N) is 3. The van der Waals surface area contributed by atoms with Crippen LogP contribution in [0, 0.1) is 0 Å². The molecule has 2 rings (SSSR count).